The maximum absolute atomic E-state index is 11.3. The van der Waals surface area contributed by atoms with Crippen LogP contribution in [-0.4, -0.2) is 25.6 Å². The van der Waals surface area contributed by atoms with Crippen LogP contribution < -0.4 is 5.32 Å². The summed E-state index contributed by atoms with van der Waals surface area (Å²) in [5, 5.41) is 9.89. The fourth-order valence-corrected chi connectivity index (χ4v) is 3.02. The second-order valence-corrected chi connectivity index (χ2v) is 5.07. The molecule has 1 aliphatic heterocycles. The van der Waals surface area contributed by atoms with Gasteiger partial charge in [-0.1, -0.05) is 0 Å². The molecule has 2 rings (SSSR count). The van der Waals surface area contributed by atoms with Gasteiger partial charge < -0.3 is 0 Å². The van der Waals surface area contributed by atoms with E-state index in [0.29, 0.717) is 4.73 Å². The molecule has 1 aromatic carbocycles. The van der Waals surface area contributed by atoms with Crippen LogP contribution in [0.1, 0.15) is 10.4 Å². The van der Waals surface area contributed by atoms with E-state index in [9.17, 15) is 4.79 Å². The van der Waals surface area contributed by atoms with E-state index in [2.05, 4.69) is 5.32 Å². The van der Waals surface area contributed by atoms with Gasteiger partial charge in [-0.05, 0) is 0 Å². The van der Waals surface area contributed by atoms with E-state index in [0.717, 1.165) is 5.56 Å². The zero-order valence-corrected chi connectivity index (χ0v) is 8.49. The van der Waals surface area contributed by atoms with Gasteiger partial charge in [0.1, 0.15) is 0 Å². The van der Waals surface area contributed by atoms with Gasteiger partial charge in [-0.2, -0.15) is 0 Å². The fraction of sp³-hybridized carbons (Fsp3) is 0.111. The quantitative estimate of drug-likeness (QED) is 0.689. The Hall–Kier alpha value is -1.12. The summed E-state index contributed by atoms with van der Waals surface area (Å²) < 4.78 is 0.381. The number of amides is 1. The number of nitrogens with one attached hydrogen (secondary N) is 2. The van der Waals surface area contributed by atoms with Crippen molar-refractivity contribution in [3.63, 3.8) is 0 Å². The van der Waals surface area contributed by atoms with Gasteiger partial charge in [-0.15, -0.1) is 0 Å². The number of hydrogen-bond acceptors (Lipinski definition) is 2. The third kappa shape index (κ3) is 1.64. The maximum atomic E-state index is 11.3. The summed E-state index contributed by atoms with van der Waals surface area (Å²) in [6.45, 7) is 0. The normalized spacial score (nSPS) is 21.7. The molecule has 4 heteroatoms. The molecule has 1 heterocycles. The average Bonchev–Trinajstić information content (AvgIpc) is 2.47. The summed E-state index contributed by atoms with van der Waals surface area (Å²) in [6, 6.07) is 9.63. The Morgan fingerprint density at radius 2 is 2.00 bits per heavy atom. The summed E-state index contributed by atoms with van der Waals surface area (Å²) in [5.74, 6) is -0.0313. The van der Waals surface area contributed by atoms with Crippen LogP contribution in [0.3, 0.4) is 0 Å². The third-order valence-corrected chi connectivity index (χ3v) is 4.04. The second-order valence-electron chi connectivity index (χ2n) is 2.73. The predicted octanol–water partition coefficient (Wildman–Crippen LogP) is 0.496. The number of amidine groups is 1. The molecule has 13 heavy (non-hydrogen) atoms. The molecule has 1 fully saturated rings. The van der Waals surface area contributed by atoms with Gasteiger partial charge in [0.25, 0.3) is 0 Å². The van der Waals surface area contributed by atoms with Crippen molar-refractivity contribution in [2.45, 2.75) is 4.82 Å². The van der Waals surface area contributed by atoms with Crippen LogP contribution >= 0.6 is 0 Å². The molecule has 0 aliphatic carbocycles. The molecule has 2 N–H and O–H groups in total. The minimum atomic E-state index is -0.0961. The van der Waals surface area contributed by atoms with Gasteiger partial charge >= 0.3 is 81.8 Å². The first-order valence-corrected chi connectivity index (χ1v) is 5.73. The molecule has 1 saturated heterocycles. The average molecular weight is 239 g/mol. The Balaban J connectivity index is 2.28. The summed E-state index contributed by atoms with van der Waals surface area (Å²) in [7, 11) is 0. The van der Waals surface area contributed by atoms with E-state index < -0.39 is 0 Å². The summed E-state index contributed by atoms with van der Waals surface area (Å²) in [6.07, 6.45) is 0. The Kier molecular flexibility index (Phi) is 2.17. The van der Waals surface area contributed by atoms with Crippen molar-refractivity contribution in [2.24, 2.45) is 0 Å². The third-order valence-electron chi connectivity index (χ3n) is 1.81. The Labute approximate surface area is 82.2 Å². The van der Waals surface area contributed by atoms with Crippen LogP contribution in [0.2, 0.25) is 0 Å². The van der Waals surface area contributed by atoms with Crippen LogP contribution in [0.4, 0.5) is 0 Å². The van der Waals surface area contributed by atoms with Gasteiger partial charge in [-0.25, -0.2) is 0 Å². The zero-order chi connectivity index (χ0) is 9.26. The first-order valence-electron chi connectivity index (χ1n) is 3.88. The molecule has 0 spiro atoms. The molecule has 0 saturated carbocycles. The molecule has 1 atom stereocenters. The van der Waals surface area contributed by atoms with Crippen LogP contribution in [0.15, 0.2) is 30.3 Å². The molecule has 1 aliphatic rings. The van der Waals surface area contributed by atoms with E-state index in [1.54, 1.807) is 0 Å². The van der Waals surface area contributed by atoms with E-state index >= 15 is 0 Å². The number of rotatable bonds is 1. The van der Waals surface area contributed by atoms with Crippen molar-refractivity contribution in [3.05, 3.63) is 35.9 Å². The van der Waals surface area contributed by atoms with Gasteiger partial charge in [0, 0.05) is 0 Å². The van der Waals surface area contributed by atoms with E-state index in [4.69, 9.17) is 5.41 Å². The monoisotopic (exact) mass is 240 g/mol. The SMILES string of the molecule is N=C1NC(=O)C(c2ccccc2)[Se]1. The number of carbonyl (C=O) groups excluding carboxylic acids is 1. The Morgan fingerprint density at radius 1 is 1.31 bits per heavy atom. The molecule has 1 aromatic rings. The van der Waals surface area contributed by atoms with Crippen molar-refractivity contribution in [1.82, 2.24) is 5.32 Å². The van der Waals surface area contributed by atoms with Crippen molar-refractivity contribution < 1.29 is 4.79 Å². The van der Waals surface area contributed by atoms with Crippen LogP contribution in [0.25, 0.3) is 0 Å². The first-order chi connectivity index (χ1) is 6.27. The molecule has 1 unspecified atom stereocenters. The van der Waals surface area contributed by atoms with Gasteiger partial charge in [0.2, 0.25) is 0 Å². The topological polar surface area (TPSA) is 53.0 Å². The standard InChI is InChI=1S/C9H8N2OSe/c10-9-11-8(12)7(13-9)6-4-2-1-3-5-6/h1-5,7H,(H2,10,11,12). The molecule has 1 amide bonds. The van der Waals surface area contributed by atoms with Gasteiger partial charge in [0.05, 0.1) is 0 Å². The molecular weight excluding hydrogens is 231 g/mol. The van der Waals surface area contributed by atoms with Crippen molar-refractivity contribution in [2.75, 3.05) is 0 Å². The van der Waals surface area contributed by atoms with Crippen LogP contribution in [0, 0.1) is 5.41 Å². The summed E-state index contributed by atoms with van der Waals surface area (Å²) >= 11 is -0.0571. The van der Waals surface area contributed by atoms with Crippen molar-refractivity contribution in [1.29, 1.82) is 5.41 Å². The second kappa shape index (κ2) is 3.32. The predicted molar refractivity (Wildman–Crippen MR) is 50.8 cm³/mol. The van der Waals surface area contributed by atoms with Crippen LogP contribution in [-0.2, 0) is 4.79 Å². The molecular formula is C9H8N2OSe. The zero-order valence-electron chi connectivity index (χ0n) is 6.78. The summed E-state index contributed by atoms with van der Waals surface area (Å²) in [4.78, 5) is 11.3. The minimum absolute atomic E-state index is 0.0313. The molecule has 0 aromatic heterocycles. The summed E-state index contributed by atoms with van der Waals surface area (Å²) in [5.41, 5.74) is 1.02. The van der Waals surface area contributed by atoms with Crippen molar-refractivity contribution >= 4 is 25.6 Å². The molecule has 0 bridgehead atoms. The Morgan fingerprint density at radius 3 is 2.54 bits per heavy atom. The van der Waals surface area contributed by atoms with E-state index in [1.165, 1.54) is 0 Å². The number of carbonyl (C=O) groups is 1. The molecule has 3 nitrogen and oxygen atoms in total. The Bertz CT molecular complexity index is 350. The molecule has 66 valence electrons. The van der Waals surface area contributed by atoms with E-state index in [1.807, 2.05) is 30.3 Å². The molecule has 0 radical (unpaired) electrons. The number of benzene rings is 1. The van der Waals surface area contributed by atoms with E-state index in [-0.39, 0.29) is 25.7 Å². The van der Waals surface area contributed by atoms with Gasteiger partial charge in [-0.3, -0.25) is 0 Å². The first kappa shape index (κ1) is 8.48. The van der Waals surface area contributed by atoms with Gasteiger partial charge in [0.15, 0.2) is 0 Å². The van der Waals surface area contributed by atoms with Crippen LogP contribution in [0.5, 0.6) is 0 Å². The number of hydrogen-bond donors (Lipinski definition) is 2. The van der Waals surface area contributed by atoms with Crippen molar-refractivity contribution in [3.8, 4) is 0 Å². The fourth-order valence-electron chi connectivity index (χ4n) is 1.23.